The Balaban J connectivity index is 3.90. The van der Waals surface area contributed by atoms with Crippen molar-refractivity contribution in [2.45, 2.75) is 3.23 Å². The van der Waals surface area contributed by atoms with E-state index in [9.17, 15) is 0 Å². The van der Waals surface area contributed by atoms with Crippen molar-refractivity contribution in [2.75, 3.05) is 0 Å². The Morgan fingerprint density at radius 2 is 1.75 bits per heavy atom. The second kappa shape index (κ2) is 3.74. The summed E-state index contributed by atoms with van der Waals surface area (Å²) in [6, 6.07) is 0. The normalized spacial score (nSPS) is 12.1. The van der Waals surface area contributed by atoms with Gasteiger partial charge in [0.25, 0.3) is 0 Å². The molecule has 0 nitrogen and oxygen atoms in total. The summed E-state index contributed by atoms with van der Waals surface area (Å²) in [5, 5.41) is 0. The monoisotopic (exact) mass is 367 g/mol. The van der Waals surface area contributed by atoms with Crippen LogP contribution in [0, 0.1) is 3.74 Å². The van der Waals surface area contributed by atoms with Gasteiger partial charge in [-0.05, 0) is 0 Å². The molecule has 47 valence electrons. The van der Waals surface area contributed by atoms with Gasteiger partial charge in [-0.2, -0.15) is 0 Å². The predicted octanol–water partition coefficient (Wildman–Crippen LogP) is 3.94. The Morgan fingerprint density at radius 1 is 1.38 bits per heavy atom. The molecule has 0 aromatic rings. The third-order valence-corrected chi connectivity index (χ3v) is 5.33. The van der Waals surface area contributed by atoms with Crippen molar-refractivity contribution in [3.63, 3.8) is 0 Å². The molecule has 0 aromatic carbocycles. The minimum Gasteiger partial charge on any atom is -0.101 e. The quantitative estimate of drug-likeness (QED) is 0.510. The molecule has 0 unspecified atom stereocenters. The third kappa shape index (κ3) is 2.99. The van der Waals surface area contributed by atoms with E-state index in [2.05, 4.69) is 70.3 Å². The molecule has 0 aliphatic heterocycles. The Bertz CT molecular complexity index is 86.0. The number of halogens is 4. The maximum absolute atomic E-state index is 3.58. The molecule has 0 fully saturated rings. The first-order valence-corrected chi connectivity index (χ1v) is 4.87. The van der Waals surface area contributed by atoms with Gasteiger partial charge in [0.1, 0.15) is 6.97 Å². The van der Waals surface area contributed by atoms with E-state index in [1.165, 1.54) is 0 Å². The van der Waals surface area contributed by atoms with Crippen molar-refractivity contribution in [3.05, 3.63) is 16.4 Å². The lowest BCUT2D eigenvalue weighted by Gasteiger charge is -2.14. The average Bonchev–Trinajstić information content (AvgIpc) is 1.67. The third-order valence-electron chi connectivity index (χ3n) is 0.508. The minimum atomic E-state index is -0.319. The molecule has 0 aromatic heterocycles. The van der Waals surface area contributed by atoms with Crippen LogP contribution in [0.25, 0.3) is 0 Å². The van der Waals surface area contributed by atoms with Crippen LogP contribution in [0.15, 0.2) is 12.7 Å². The maximum Gasteiger partial charge on any atom is 0.136 e. The van der Waals surface area contributed by atoms with Crippen molar-refractivity contribution in [1.29, 1.82) is 0 Å². The molecule has 0 aliphatic carbocycles. The van der Waals surface area contributed by atoms with Crippen LogP contribution in [-0.2, 0) is 0 Å². The van der Waals surface area contributed by atoms with Crippen molar-refractivity contribution >= 4 is 63.7 Å². The predicted molar refractivity (Wildman–Crippen MR) is 51.9 cm³/mol. The van der Waals surface area contributed by atoms with Crippen molar-refractivity contribution in [1.82, 2.24) is 0 Å². The zero-order valence-corrected chi connectivity index (χ0v) is 10.1. The average molecular weight is 371 g/mol. The van der Waals surface area contributed by atoms with Crippen LogP contribution in [-0.4, -0.2) is 3.23 Å². The standard InChI is InChI=1S/C4H3Br4/c1-2-4(7,8)3(5)6/h2H,1H2. The van der Waals surface area contributed by atoms with E-state index in [0.717, 1.165) is 3.74 Å². The van der Waals surface area contributed by atoms with Crippen LogP contribution < -0.4 is 0 Å². The first kappa shape index (κ1) is 9.66. The lowest BCUT2D eigenvalue weighted by molar-refractivity contribution is 1.34. The first-order chi connectivity index (χ1) is 3.50. The summed E-state index contributed by atoms with van der Waals surface area (Å²) < 4.78 is 0.549. The van der Waals surface area contributed by atoms with Gasteiger partial charge in [0.2, 0.25) is 0 Å². The van der Waals surface area contributed by atoms with Crippen molar-refractivity contribution in [2.24, 2.45) is 0 Å². The van der Waals surface area contributed by atoms with Crippen molar-refractivity contribution < 1.29 is 0 Å². The summed E-state index contributed by atoms with van der Waals surface area (Å²) in [5.74, 6) is 0. The summed E-state index contributed by atoms with van der Waals surface area (Å²) in [6.45, 7) is 3.58. The topological polar surface area (TPSA) is 0 Å². The Hall–Kier alpha value is 1.66. The molecular formula is C4H3Br4. The van der Waals surface area contributed by atoms with E-state index in [-0.39, 0.29) is 3.23 Å². The van der Waals surface area contributed by atoms with Crippen LogP contribution in [0.5, 0.6) is 0 Å². The summed E-state index contributed by atoms with van der Waals surface area (Å²) >= 11 is 13.1. The molecule has 0 N–H and O–H groups in total. The Kier molecular flexibility index (Phi) is 4.51. The fourth-order valence-corrected chi connectivity index (χ4v) is 0.401. The fraction of sp³-hybridized carbons (Fsp3) is 0.250. The highest BCUT2D eigenvalue weighted by molar-refractivity contribution is 9.31. The van der Waals surface area contributed by atoms with E-state index >= 15 is 0 Å². The van der Waals surface area contributed by atoms with Crippen LogP contribution in [0.1, 0.15) is 0 Å². The minimum absolute atomic E-state index is 0.319. The van der Waals surface area contributed by atoms with Gasteiger partial charge < -0.3 is 0 Å². The molecule has 0 saturated heterocycles. The summed E-state index contributed by atoms with van der Waals surface area (Å²) in [5.41, 5.74) is 0. The van der Waals surface area contributed by atoms with Crippen LogP contribution >= 0.6 is 63.7 Å². The SMILES string of the molecule is C=CC(Br)(Br)[C](Br)Br. The second-order valence-electron chi connectivity index (χ2n) is 1.09. The largest absolute Gasteiger partial charge is 0.136 e. The molecule has 0 spiro atoms. The van der Waals surface area contributed by atoms with Crippen molar-refractivity contribution in [3.8, 4) is 0 Å². The van der Waals surface area contributed by atoms with E-state index < -0.39 is 0 Å². The maximum atomic E-state index is 3.58. The molecule has 0 aliphatic rings. The highest BCUT2D eigenvalue weighted by Gasteiger charge is 2.26. The van der Waals surface area contributed by atoms with E-state index in [1.54, 1.807) is 6.08 Å². The molecule has 0 rings (SSSR count). The zero-order valence-electron chi connectivity index (χ0n) is 3.80. The Morgan fingerprint density at radius 3 is 1.75 bits per heavy atom. The molecule has 0 amide bonds. The van der Waals surface area contributed by atoms with Crippen LogP contribution in [0.2, 0.25) is 0 Å². The van der Waals surface area contributed by atoms with Gasteiger partial charge in [0.05, 0.1) is 0 Å². The molecule has 0 atom stereocenters. The van der Waals surface area contributed by atoms with Gasteiger partial charge in [0.15, 0.2) is 0 Å². The van der Waals surface area contributed by atoms with Gasteiger partial charge in [-0.1, -0.05) is 69.8 Å². The molecule has 0 heterocycles. The van der Waals surface area contributed by atoms with E-state index in [4.69, 9.17) is 0 Å². The highest BCUT2D eigenvalue weighted by atomic mass is 79.9. The van der Waals surface area contributed by atoms with Gasteiger partial charge in [-0.3, -0.25) is 0 Å². The smallest absolute Gasteiger partial charge is 0.101 e. The second-order valence-corrected chi connectivity index (χ2v) is 7.30. The zero-order chi connectivity index (χ0) is 6.78. The molecule has 8 heavy (non-hydrogen) atoms. The van der Waals surface area contributed by atoms with Crippen LogP contribution in [0.3, 0.4) is 0 Å². The highest BCUT2D eigenvalue weighted by Crippen LogP contribution is 2.44. The molecular weight excluding hydrogens is 368 g/mol. The first-order valence-electron chi connectivity index (χ1n) is 1.70. The number of allylic oxidation sites excluding steroid dienone is 1. The van der Waals surface area contributed by atoms with E-state index in [0.29, 0.717) is 0 Å². The van der Waals surface area contributed by atoms with Gasteiger partial charge in [0, 0.05) is 0 Å². The summed E-state index contributed by atoms with van der Waals surface area (Å²) in [4.78, 5) is 0. The molecule has 0 saturated carbocycles. The Labute approximate surface area is 82.6 Å². The molecule has 4 heteroatoms. The molecule has 1 radical (unpaired) electrons. The summed E-state index contributed by atoms with van der Waals surface area (Å²) in [7, 11) is 0. The van der Waals surface area contributed by atoms with Gasteiger partial charge in [-0.15, -0.1) is 6.58 Å². The molecule has 0 bridgehead atoms. The lowest BCUT2D eigenvalue weighted by Crippen LogP contribution is -2.07. The summed E-state index contributed by atoms with van der Waals surface area (Å²) in [6.07, 6.45) is 1.71. The number of alkyl halides is 2. The van der Waals surface area contributed by atoms with Gasteiger partial charge >= 0.3 is 0 Å². The van der Waals surface area contributed by atoms with E-state index in [1.807, 2.05) is 0 Å². The fourth-order valence-electron chi connectivity index (χ4n) is 0.0772. The van der Waals surface area contributed by atoms with Crippen LogP contribution in [0.4, 0.5) is 0 Å². The number of rotatable bonds is 2. The number of hydrogen-bond donors (Lipinski definition) is 0. The van der Waals surface area contributed by atoms with Gasteiger partial charge in [-0.25, -0.2) is 0 Å². The lowest BCUT2D eigenvalue weighted by atomic mass is 10.5. The number of hydrogen-bond acceptors (Lipinski definition) is 0.